The number of carbonyl (C=O) groups is 2. The van der Waals surface area contributed by atoms with Gasteiger partial charge < -0.3 is 5.32 Å². The van der Waals surface area contributed by atoms with E-state index in [2.05, 4.69) is 20.4 Å². The van der Waals surface area contributed by atoms with Crippen molar-refractivity contribution in [3.63, 3.8) is 0 Å². The van der Waals surface area contributed by atoms with Crippen molar-refractivity contribution in [1.82, 2.24) is 20.4 Å². The molecule has 2 aromatic rings. The molecule has 1 aromatic heterocycles. The van der Waals surface area contributed by atoms with E-state index in [0.717, 1.165) is 25.9 Å². The molecule has 0 spiro atoms. The van der Waals surface area contributed by atoms with Gasteiger partial charge in [-0.05, 0) is 38.9 Å². The van der Waals surface area contributed by atoms with Crippen molar-refractivity contribution in [3.05, 3.63) is 53.9 Å². The third kappa shape index (κ3) is 4.33. The molecular weight excluding hydrogens is 316 g/mol. The van der Waals surface area contributed by atoms with Gasteiger partial charge in [-0.1, -0.05) is 30.3 Å². The lowest BCUT2D eigenvalue weighted by Crippen LogP contribution is -2.48. The summed E-state index contributed by atoms with van der Waals surface area (Å²) in [5.74, 6) is 0.317. The summed E-state index contributed by atoms with van der Waals surface area (Å²) in [4.78, 5) is 26.6. The number of carbonyl (C=O) groups excluding carboxylic acids is 2. The summed E-state index contributed by atoms with van der Waals surface area (Å²) in [5.41, 5.74) is 1.79. The zero-order valence-electron chi connectivity index (χ0n) is 14.4. The lowest BCUT2D eigenvalue weighted by molar-refractivity contribution is -0.126. The first kappa shape index (κ1) is 17.4. The number of piperidine rings is 1. The van der Waals surface area contributed by atoms with Crippen LogP contribution < -0.4 is 5.32 Å². The average Bonchev–Trinajstić information content (AvgIpc) is 3.21. The Morgan fingerprint density at radius 3 is 2.60 bits per heavy atom. The summed E-state index contributed by atoms with van der Waals surface area (Å²) in [6, 6.07) is 10.8. The number of nitrogens with one attached hydrogen (secondary N) is 2. The molecule has 0 bridgehead atoms. The Morgan fingerprint density at radius 1 is 1.24 bits per heavy atom. The van der Waals surface area contributed by atoms with Gasteiger partial charge in [-0.2, -0.15) is 5.10 Å². The van der Waals surface area contributed by atoms with Crippen LogP contribution in [0.5, 0.6) is 0 Å². The number of nitrogens with zero attached hydrogens (tertiary/aromatic N) is 2. The Kier molecular flexibility index (Phi) is 5.60. The molecule has 25 heavy (non-hydrogen) atoms. The number of benzene rings is 1. The van der Waals surface area contributed by atoms with Crippen molar-refractivity contribution in [3.8, 4) is 0 Å². The summed E-state index contributed by atoms with van der Waals surface area (Å²) in [6.45, 7) is 3.67. The van der Waals surface area contributed by atoms with E-state index in [1.165, 1.54) is 5.69 Å². The first-order valence-corrected chi connectivity index (χ1v) is 8.74. The van der Waals surface area contributed by atoms with Gasteiger partial charge in [0.25, 0.3) is 0 Å². The first-order valence-electron chi connectivity index (χ1n) is 8.74. The van der Waals surface area contributed by atoms with Gasteiger partial charge in [-0.15, -0.1) is 0 Å². The minimum absolute atomic E-state index is 0.0395. The van der Waals surface area contributed by atoms with E-state index >= 15 is 0 Å². The SMILES string of the molecule is CC(C(=O)NCC(=O)c1ccccc1)N1CCC(c2ccn[nH]2)CC1. The largest absolute Gasteiger partial charge is 0.347 e. The molecular formula is C19H24N4O2. The molecule has 0 radical (unpaired) electrons. The molecule has 3 rings (SSSR count). The smallest absolute Gasteiger partial charge is 0.237 e. The highest BCUT2D eigenvalue weighted by Crippen LogP contribution is 2.27. The molecule has 1 aliphatic heterocycles. The van der Waals surface area contributed by atoms with Gasteiger partial charge in [0.15, 0.2) is 5.78 Å². The molecule has 6 heteroatoms. The van der Waals surface area contributed by atoms with Gasteiger partial charge in [0.2, 0.25) is 5.91 Å². The van der Waals surface area contributed by atoms with Crippen LogP contribution in [0.2, 0.25) is 0 Å². The van der Waals surface area contributed by atoms with Crippen LogP contribution >= 0.6 is 0 Å². The zero-order valence-corrected chi connectivity index (χ0v) is 14.4. The molecule has 2 heterocycles. The number of aromatic amines is 1. The highest BCUT2D eigenvalue weighted by atomic mass is 16.2. The third-order valence-electron chi connectivity index (χ3n) is 4.94. The average molecular weight is 340 g/mol. The zero-order chi connectivity index (χ0) is 17.6. The molecule has 0 saturated carbocycles. The van der Waals surface area contributed by atoms with Gasteiger partial charge in [-0.25, -0.2) is 0 Å². The van der Waals surface area contributed by atoms with Gasteiger partial charge in [0.1, 0.15) is 0 Å². The van der Waals surface area contributed by atoms with E-state index in [4.69, 9.17) is 0 Å². The number of ketones is 1. The Balaban J connectivity index is 1.46. The predicted molar refractivity (Wildman–Crippen MR) is 95.4 cm³/mol. The lowest BCUT2D eigenvalue weighted by atomic mass is 9.93. The van der Waals surface area contributed by atoms with Crippen LogP contribution in [-0.2, 0) is 4.79 Å². The molecule has 1 saturated heterocycles. The Morgan fingerprint density at radius 2 is 1.96 bits per heavy atom. The maximum Gasteiger partial charge on any atom is 0.237 e. The third-order valence-corrected chi connectivity index (χ3v) is 4.94. The normalized spacial score (nSPS) is 17.2. The van der Waals surface area contributed by atoms with Crippen molar-refractivity contribution in [2.24, 2.45) is 0 Å². The molecule has 1 aromatic carbocycles. The van der Waals surface area contributed by atoms with Crippen LogP contribution in [0.1, 0.15) is 41.7 Å². The quantitative estimate of drug-likeness (QED) is 0.788. The summed E-state index contributed by atoms with van der Waals surface area (Å²) < 4.78 is 0. The van der Waals surface area contributed by atoms with Gasteiger partial charge in [-0.3, -0.25) is 19.6 Å². The van der Waals surface area contributed by atoms with Crippen molar-refractivity contribution in [2.75, 3.05) is 19.6 Å². The van der Waals surface area contributed by atoms with E-state index in [1.807, 2.05) is 31.2 Å². The number of hydrogen-bond donors (Lipinski definition) is 2. The first-order chi connectivity index (χ1) is 12.1. The van der Waals surface area contributed by atoms with E-state index in [9.17, 15) is 9.59 Å². The second kappa shape index (κ2) is 8.07. The van der Waals surface area contributed by atoms with Crippen molar-refractivity contribution in [1.29, 1.82) is 0 Å². The number of amides is 1. The monoisotopic (exact) mass is 340 g/mol. The predicted octanol–water partition coefficient (Wildman–Crippen LogP) is 1.98. The minimum Gasteiger partial charge on any atom is -0.347 e. The number of aromatic nitrogens is 2. The second-order valence-electron chi connectivity index (χ2n) is 6.51. The molecule has 1 unspecified atom stereocenters. The lowest BCUT2D eigenvalue weighted by Gasteiger charge is -2.34. The summed E-state index contributed by atoms with van der Waals surface area (Å²) in [5, 5.41) is 9.82. The van der Waals surface area contributed by atoms with Crippen LogP contribution in [0.25, 0.3) is 0 Å². The fourth-order valence-corrected chi connectivity index (χ4v) is 3.30. The van der Waals surface area contributed by atoms with E-state index < -0.39 is 0 Å². The number of hydrogen-bond acceptors (Lipinski definition) is 4. The Hall–Kier alpha value is -2.47. The fraction of sp³-hybridized carbons (Fsp3) is 0.421. The van der Waals surface area contributed by atoms with Crippen molar-refractivity contribution in [2.45, 2.75) is 31.7 Å². The fourth-order valence-electron chi connectivity index (χ4n) is 3.30. The number of Topliss-reactive ketones (excluding diaryl/α,β-unsaturated/α-hetero) is 1. The molecule has 0 aliphatic carbocycles. The maximum absolute atomic E-state index is 12.4. The van der Waals surface area contributed by atoms with Crippen LogP contribution in [0.4, 0.5) is 0 Å². The topological polar surface area (TPSA) is 78.1 Å². The molecule has 132 valence electrons. The molecule has 1 amide bonds. The van der Waals surface area contributed by atoms with Crippen molar-refractivity contribution >= 4 is 11.7 Å². The number of likely N-dealkylation sites (tertiary alicyclic amines) is 1. The summed E-state index contributed by atoms with van der Waals surface area (Å²) in [7, 11) is 0. The Labute approximate surface area is 147 Å². The number of rotatable bonds is 6. The summed E-state index contributed by atoms with van der Waals surface area (Å²) >= 11 is 0. The van der Waals surface area contributed by atoms with E-state index in [-0.39, 0.29) is 24.3 Å². The van der Waals surface area contributed by atoms with Gasteiger partial charge >= 0.3 is 0 Å². The Bertz CT molecular complexity index is 691. The van der Waals surface area contributed by atoms with Gasteiger partial charge in [0.05, 0.1) is 12.6 Å². The van der Waals surface area contributed by atoms with Crippen LogP contribution in [0.3, 0.4) is 0 Å². The highest BCUT2D eigenvalue weighted by Gasteiger charge is 2.27. The van der Waals surface area contributed by atoms with E-state index in [1.54, 1.807) is 18.3 Å². The van der Waals surface area contributed by atoms with Gasteiger partial charge in [0, 0.05) is 23.4 Å². The molecule has 2 N–H and O–H groups in total. The van der Waals surface area contributed by atoms with Crippen LogP contribution in [0.15, 0.2) is 42.6 Å². The molecule has 6 nitrogen and oxygen atoms in total. The molecule has 1 fully saturated rings. The minimum atomic E-state index is -0.230. The highest BCUT2D eigenvalue weighted by molar-refractivity contribution is 5.99. The standard InChI is InChI=1S/C19H24N4O2/c1-14(19(25)20-13-18(24)16-5-3-2-4-6-16)23-11-8-15(9-12-23)17-7-10-21-22-17/h2-7,10,14-15H,8-9,11-13H2,1H3,(H,20,25)(H,21,22). The number of H-pyrrole nitrogens is 1. The van der Waals surface area contributed by atoms with E-state index in [0.29, 0.717) is 11.5 Å². The maximum atomic E-state index is 12.4. The van der Waals surface area contributed by atoms with Crippen LogP contribution in [-0.4, -0.2) is 52.5 Å². The molecule has 1 aliphatic rings. The molecule has 1 atom stereocenters. The summed E-state index contributed by atoms with van der Waals surface area (Å²) in [6.07, 6.45) is 3.78. The van der Waals surface area contributed by atoms with Crippen molar-refractivity contribution < 1.29 is 9.59 Å². The second-order valence-corrected chi connectivity index (χ2v) is 6.51. The van der Waals surface area contributed by atoms with Crippen LogP contribution in [0, 0.1) is 0 Å².